The van der Waals surface area contributed by atoms with Crippen molar-refractivity contribution < 1.29 is 13.2 Å². The molecule has 0 fully saturated rings. The van der Waals surface area contributed by atoms with E-state index in [9.17, 15) is 13.2 Å². The maximum absolute atomic E-state index is 13.0. The largest absolute Gasteiger partial charge is 0.348 e. The number of rotatable bonds is 6. The van der Waals surface area contributed by atoms with Crippen LogP contribution in [0.5, 0.6) is 0 Å². The average Bonchev–Trinajstić information content (AvgIpc) is 2.66. The first-order valence-corrected chi connectivity index (χ1v) is 11.2. The maximum atomic E-state index is 13.0. The summed E-state index contributed by atoms with van der Waals surface area (Å²) in [6.45, 7) is 5.59. The van der Waals surface area contributed by atoms with E-state index in [-0.39, 0.29) is 22.8 Å². The fourth-order valence-corrected chi connectivity index (χ4v) is 4.95. The summed E-state index contributed by atoms with van der Waals surface area (Å²) in [6, 6.07) is 13.8. The zero-order valence-electron chi connectivity index (χ0n) is 16.6. The lowest BCUT2D eigenvalue weighted by Gasteiger charge is -2.29. The first kappa shape index (κ1) is 20.6. The number of carbonyl (C=O) groups excluding carboxylic acids is 1. The van der Waals surface area contributed by atoms with Gasteiger partial charge in [0.2, 0.25) is 15.9 Å². The zero-order valence-corrected chi connectivity index (χ0v) is 17.4. The molecule has 2 atom stereocenters. The molecule has 0 spiro atoms. The smallest absolute Gasteiger partial charge is 0.241 e. The number of hydrogen-bond acceptors (Lipinski definition) is 3. The van der Waals surface area contributed by atoms with Gasteiger partial charge in [-0.3, -0.25) is 4.79 Å². The molecule has 2 aromatic rings. The van der Waals surface area contributed by atoms with Gasteiger partial charge in [0, 0.05) is 0 Å². The number of sulfonamides is 1. The number of hydrogen-bond donors (Lipinski definition) is 2. The van der Waals surface area contributed by atoms with Gasteiger partial charge >= 0.3 is 0 Å². The first-order valence-electron chi connectivity index (χ1n) is 9.75. The molecule has 0 saturated carbocycles. The number of amides is 1. The molecule has 150 valence electrons. The second-order valence-electron chi connectivity index (χ2n) is 7.81. The summed E-state index contributed by atoms with van der Waals surface area (Å²) in [7, 11) is -3.78. The third-order valence-electron chi connectivity index (χ3n) is 5.25. The minimum atomic E-state index is -3.78. The van der Waals surface area contributed by atoms with Gasteiger partial charge in [-0.1, -0.05) is 55.8 Å². The quantitative estimate of drug-likeness (QED) is 0.779. The van der Waals surface area contributed by atoms with Crippen LogP contribution >= 0.6 is 0 Å². The molecule has 1 aliphatic carbocycles. The van der Waals surface area contributed by atoms with Gasteiger partial charge in [0.05, 0.1) is 10.9 Å². The molecular weight excluding hydrogens is 372 g/mol. The maximum Gasteiger partial charge on any atom is 0.241 e. The van der Waals surface area contributed by atoms with Crippen LogP contribution in [0.2, 0.25) is 0 Å². The summed E-state index contributed by atoms with van der Waals surface area (Å²) in [5, 5.41) is 3.07. The number of carbonyl (C=O) groups is 1. The Morgan fingerprint density at radius 2 is 1.75 bits per heavy atom. The number of nitrogens with one attached hydrogen (secondary N) is 2. The summed E-state index contributed by atoms with van der Waals surface area (Å²) in [5.74, 6) is -0.466. The molecule has 1 aliphatic rings. The number of fused-ring (bicyclic) bond motifs is 1. The van der Waals surface area contributed by atoms with E-state index < -0.39 is 16.1 Å². The van der Waals surface area contributed by atoms with Gasteiger partial charge in [-0.15, -0.1) is 0 Å². The third-order valence-corrected chi connectivity index (χ3v) is 6.71. The minimum absolute atomic E-state index is 0.0809. The highest BCUT2D eigenvalue weighted by atomic mass is 32.2. The zero-order chi connectivity index (χ0) is 20.3. The summed E-state index contributed by atoms with van der Waals surface area (Å²) in [5.41, 5.74) is 3.36. The number of aryl methyl sites for hydroxylation is 2. The SMILES string of the molecule is Cc1ccc(S(=O)(=O)N[C@H](C(=O)NC2CCCc3ccccc32)C(C)C)cc1. The van der Waals surface area contributed by atoms with Crippen LogP contribution in [0.15, 0.2) is 53.4 Å². The normalized spacial score (nSPS) is 17.8. The van der Waals surface area contributed by atoms with Gasteiger partial charge in [0.1, 0.15) is 6.04 Å². The van der Waals surface area contributed by atoms with Crippen molar-refractivity contribution in [2.45, 2.75) is 57.0 Å². The topological polar surface area (TPSA) is 75.3 Å². The lowest BCUT2D eigenvalue weighted by atomic mass is 9.87. The van der Waals surface area contributed by atoms with E-state index >= 15 is 0 Å². The van der Waals surface area contributed by atoms with Crippen LogP contribution in [0.3, 0.4) is 0 Å². The second kappa shape index (κ2) is 8.45. The molecule has 2 aromatic carbocycles. The van der Waals surface area contributed by atoms with Crippen molar-refractivity contribution in [3.63, 3.8) is 0 Å². The molecule has 0 aliphatic heterocycles. The summed E-state index contributed by atoms with van der Waals surface area (Å²) in [6.07, 6.45) is 2.87. The highest BCUT2D eigenvalue weighted by Crippen LogP contribution is 2.29. The highest BCUT2D eigenvalue weighted by molar-refractivity contribution is 7.89. The Labute approximate surface area is 167 Å². The summed E-state index contributed by atoms with van der Waals surface area (Å²) < 4.78 is 28.1. The van der Waals surface area contributed by atoms with Crippen LogP contribution in [0, 0.1) is 12.8 Å². The van der Waals surface area contributed by atoms with E-state index in [1.54, 1.807) is 24.3 Å². The summed E-state index contributed by atoms with van der Waals surface area (Å²) >= 11 is 0. The molecule has 0 bridgehead atoms. The Balaban J connectivity index is 1.77. The van der Waals surface area contributed by atoms with E-state index in [2.05, 4.69) is 16.1 Å². The Bertz CT molecular complexity index is 937. The molecule has 2 N–H and O–H groups in total. The van der Waals surface area contributed by atoms with Gasteiger partial charge in [-0.2, -0.15) is 4.72 Å². The molecule has 0 radical (unpaired) electrons. The Kier molecular flexibility index (Phi) is 6.20. The molecular formula is C22H28N2O3S. The van der Waals surface area contributed by atoms with Crippen LogP contribution in [0.25, 0.3) is 0 Å². The van der Waals surface area contributed by atoms with Gasteiger partial charge < -0.3 is 5.32 Å². The van der Waals surface area contributed by atoms with Gasteiger partial charge in [-0.05, 0) is 55.4 Å². The van der Waals surface area contributed by atoms with Crippen LogP contribution in [0.4, 0.5) is 0 Å². The average molecular weight is 401 g/mol. The van der Waals surface area contributed by atoms with Crippen molar-refractivity contribution in [1.82, 2.24) is 10.0 Å². The predicted octanol–water partition coefficient (Wildman–Crippen LogP) is 3.49. The van der Waals surface area contributed by atoms with Crippen molar-refractivity contribution in [3.05, 3.63) is 65.2 Å². The standard InChI is InChI=1S/C22H28N2O3S/c1-15(2)21(24-28(26,27)18-13-11-16(3)12-14-18)22(25)23-20-10-6-8-17-7-4-5-9-19(17)20/h4-5,7,9,11-15,20-21,24H,6,8,10H2,1-3H3,(H,23,25)/t20?,21-/m0/s1. The fourth-order valence-electron chi connectivity index (χ4n) is 3.61. The molecule has 28 heavy (non-hydrogen) atoms. The first-order chi connectivity index (χ1) is 13.3. The fraction of sp³-hybridized carbons (Fsp3) is 0.409. The van der Waals surface area contributed by atoms with Gasteiger partial charge in [0.25, 0.3) is 0 Å². The lowest BCUT2D eigenvalue weighted by Crippen LogP contribution is -2.50. The summed E-state index contributed by atoms with van der Waals surface area (Å²) in [4.78, 5) is 13.2. The van der Waals surface area contributed by atoms with E-state index in [0.29, 0.717) is 0 Å². The van der Waals surface area contributed by atoms with Crippen LogP contribution in [-0.4, -0.2) is 20.4 Å². The van der Waals surface area contributed by atoms with Crippen LogP contribution in [-0.2, 0) is 21.2 Å². The molecule has 1 unspecified atom stereocenters. The molecule has 6 heteroatoms. The van der Waals surface area contributed by atoms with E-state index in [1.807, 2.05) is 39.0 Å². The van der Waals surface area contributed by atoms with Crippen LogP contribution < -0.4 is 10.0 Å². The van der Waals surface area contributed by atoms with Crippen molar-refractivity contribution in [2.24, 2.45) is 5.92 Å². The van der Waals surface area contributed by atoms with Crippen molar-refractivity contribution in [2.75, 3.05) is 0 Å². The van der Waals surface area contributed by atoms with E-state index in [1.165, 1.54) is 5.56 Å². The predicted molar refractivity (Wildman–Crippen MR) is 110 cm³/mol. The third kappa shape index (κ3) is 4.62. The van der Waals surface area contributed by atoms with Crippen molar-refractivity contribution >= 4 is 15.9 Å². The Hall–Kier alpha value is -2.18. The van der Waals surface area contributed by atoms with Crippen molar-refractivity contribution in [1.29, 1.82) is 0 Å². The van der Waals surface area contributed by atoms with Gasteiger partial charge in [-0.25, -0.2) is 8.42 Å². The minimum Gasteiger partial charge on any atom is -0.348 e. The van der Waals surface area contributed by atoms with E-state index in [0.717, 1.165) is 30.4 Å². The highest BCUT2D eigenvalue weighted by Gasteiger charge is 2.31. The Morgan fingerprint density at radius 1 is 1.07 bits per heavy atom. The molecule has 0 saturated heterocycles. The lowest BCUT2D eigenvalue weighted by molar-refractivity contribution is -0.124. The second-order valence-corrected chi connectivity index (χ2v) is 9.52. The van der Waals surface area contributed by atoms with Crippen LogP contribution in [0.1, 0.15) is 49.4 Å². The molecule has 5 nitrogen and oxygen atoms in total. The van der Waals surface area contributed by atoms with Crippen molar-refractivity contribution in [3.8, 4) is 0 Å². The Morgan fingerprint density at radius 3 is 2.43 bits per heavy atom. The molecule has 3 rings (SSSR count). The molecule has 0 heterocycles. The number of benzene rings is 2. The van der Waals surface area contributed by atoms with E-state index in [4.69, 9.17) is 0 Å². The molecule has 0 aromatic heterocycles. The monoisotopic (exact) mass is 400 g/mol. The molecule has 1 amide bonds. The van der Waals surface area contributed by atoms with Gasteiger partial charge in [0.15, 0.2) is 0 Å².